The molecule has 1 aliphatic rings. The van der Waals surface area contributed by atoms with Gasteiger partial charge in [-0.1, -0.05) is 11.6 Å². The van der Waals surface area contributed by atoms with E-state index in [1.807, 2.05) is 12.1 Å². The number of carbonyl (C=O) groups is 1. The molecule has 0 heterocycles. The van der Waals surface area contributed by atoms with Crippen LogP contribution in [0.3, 0.4) is 0 Å². The van der Waals surface area contributed by atoms with Gasteiger partial charge < -0.3 is 9.47 Å². The molecular weight excluding hydrogens is 272 g/mol. The zero-order chi connectivity index (χ0) is 13.1. The Morgan fingerprint density at radius 1 is 1.44 bits per heavy atom. The molecule has 0 aliphatic heterocycles. The second-order valence-corrected chi connectivity index (χ2v) is 5.59. The molecule has 3 nitrogen and oxygen atoms in total. The average Bonchev–Trinajstić information content (AvgIpc) is 3.20. The summed E-state index contributed by atoms with van der Waals surface area (Å²) in [5.74, 6) is 1.31. The molecule has 0 bridgehead atoms. The van der Waals surface area contributed by atoms with Crippen molar-refractivity contribution in [3.63, 3.8) is 0 Å². The number of hydrogen-bond donors (Lipinski definition) is 0. The van der Waals surface area contributed by atoms with Crippen LogP contribution in [0.25, 0.3) is 0 Å². The van der Waals surface area contributed by atoms with Gasteiger partial charge in [0, 0.05) is 11.1 Å². The van der Waals surface area contributed by atoms with E-state index in [1.165, 1.54) is 31.7 Å². The predicted molar refractivity (Wildman–Crippen MR) is 72.7 cm³/mol. The number of methoxy groups -OCH3 is 2. The Morgan fingerprint density at radius 2 is 2.17 bits per heavy atom. The van der Waals surface area contributed by atoms with E-state index in [2.05, 4.69) is 4.74 Å². The fraction of sp³-hybridized carbons (Fsp3) is 0.462. The van der Waals surface area contributed by atoms with E-state index >= 15 is 0 Å². The van der Waals surface area contributed by atoms with Crippen molar-refractivity contribution in [2.24, 2.45) is 0 Å². The maximum absolute atomic E-state index is 11.2. The van der Waals surface area contributed by atoms with Crippen molar-refractivity contribution in [2.45, 2.75) is 23.7 Å². The van der Waals surface area contributed by atoms with Crippen molar-refractivity contribution < 1.29 is 14.3 Å². The first-order chi connectivity index (χ1) is 8.65. The number of rotatable bonds is 5. The average molecular weight is 287 g/mol. The van der Waals surface area contributed by atoms with Crippen molar-refractivity contribution >= 4 is 29.3 Å². The molecule has 0 amide bonds. The van der Waals surface area contributed by atoms with E-state index in [1.54, 1.807) is 7.11 Å². The van der Waals surface area contributed by atoms with Crippen LogP contribution in [-0.4, -0.2) is 25.9 Å². The third-order valence-corrected chi connectivity index (χ3v) is 4.21. The van der Waals surface area contributed by atoms with E-state index in [-0.39, 0.29) is 11.7 Å². The third-order valence-electron chi connectivity index (χ3n) is 2.87. The first-order valence-electron chi connectivity index (χ1n) is 5.72. The summed E-state index contributed by atoms with van der Waals surface area (Å²) in [5.41, 5.74) is 1.16. The third kappa shape index (κ3) is 3.12. The largest absolute Gasteiger partial charge is 0.496 e. The second kappa shape index (κ2) is 5.85. The van der Waals surface area contributed by atoms with E-state index in [0.717, 1.165) is 15.5 Å². The first kappa shape index (κ1) is 13.6. The normalized spacial score (nSPS) is 14.4. The number of benzene rings is 1. The Labute approximate surface area is 116 Å². The Balaban J connectivity index is 2.20. The summed E-state index contributed by atoms with van der Waals surface area (Å²) in [6, 6.07) is 3.86. The zero-order valence-corrected chi connectivity index (χ0v) is 11.9. The molecule has 0 atom stereocenters. The van der Waals surface area contributed by atoms with Crippen LogP contribution in [0.5, 0.6) is 5.75 Å². The van der Waals surface area contributed by atoms with Gasteiger partial charge in [-0.3, -0.25) is 4.79 Å². The summed E-state index contributed by atoms with van der Waals surface area (Å²) in [6.45, 7) is 0. The second-order valence-electron chi connectivity index (χ2n) is 4.16. The van der Waals surface area contributed by atoms with E-state index in [9.17, 15) is 4.79 Å². The summed E-state index contributed by atoms with van der Waals surface area (Å²) >= 11 is 7.64. The minimum Gasteiger partial charge on any atom is -0.496 e. The molecule has 5 heteroatoms. The topological polar surface area (TPSA) is 35.5 Å². The quantitative estimate of drug-likeness (QED) is 0.613. The van der Waals surface area contributed by atoms with Gasteiger partial charge in [0.15, 0.2) is 0 Å². The van der Waals surface area contributed by atoms with Gasteiger partial charge in [-0.05, 0) is 30.4 Å². The molecule has 1 fully saturated rings. The van der Waals surface area contributed by atoms with Crippen molar-refractivity contribution in [3.8, 4) is 5.75 Å². The highest BCUT2D eigenvalue weighted by molar-refractivity contribution is 8.00. The smallest absolute Gasteiger partial charge is 0.315 e. The summed E-state index contributed by atoms with van der Waals surface area (Å²) in [4.78, 5) is 12.1. The fourth-order valence-corrected chi connectivity index (χ4v) is 2.92. The van der Waals surface area contributed by atoms with Crippen molar-refractivity contribution in [3.05, 3.63) is 22.7 Å². The lowest BCUT2D eigenvalue weighted by Crippen LogP contribution is -2.03. The van der Waals surface area contributed by atoms with Gasteiger partial charge in [0.2, 0.25) is 0 Å². The molecule has 0 saturated heterocycles. The lowest BCUT2D eigenvalue weighted by molar-refractivity contribution is -0.137. The molecule has 0 unspecified atom stereocenters. The van der Waals surface area contributed by atoms with Crippen LogP contribution < -0.4 is 4.74 Å². The lowest BCUT2D eigenvalue weighted by atomic mass is 10.1. The molecular formula is C13H15ClO3S. The van der Waals surface area contributed by atoms with Crippen LogP contribution in [0.2, 0.25) is 5.02 Å². The minimum atomic E-state index is -0.245. The van der Waals surface area contributed by atoms with Crippen LogP contribution in [0.1, 0.15) is 24.3 Å². The van der Waals surface area contributed by atoms with Crippen LogP contribution in [0, 0.1) is 0 Å². The molecule has 18 heavy (non-hydrogen) atoms. The van der Waals surface area contributed by atoms with Crippen LogP contribution in [-0.2, 0) is 9.53 Å². The summed E-state index contributed by atoms with van der Waals surface area (Å²) in [7, 11) is 2.99. The maximum atomic E-state index is 11.2. The number of esters is 1. The highest BCUT2D eigenvalue weighted by Gasteiger charge is 2.27. The van der Waals surface area contributed by atoms with E-state index in [0.29, 0.717) is 11.7 Å². The van der Waals surface area contributed by atoms with Crippen LogP contribution in [0.4, 0.5) is 0 Å². The van der Waals surface area contributed by atoms with Gasteiger partial charge in [0.05, 0.1) is 24.9 Å². The molecule has 0 aromatic heterocycles. The van der Waals surface area contributed by atoms with Gasteiger partial charge in [-0.2, -0.15) is 0 Å². The summed E-state index contributed by atoms with van der Waals surface area (Å²) in [6.07, 6.45) is 2.38. The minimum absolute atomic E-state index is 0.245. The van der Waals surface area contributed by atoms with Crippen LogP contribution >= 0.6 is 23.4 Å². The highest BCUT2D eigenvalue weighted by Crippen LogP contribution is 2.46. The number of thioether (sulfide) groups is 1. The van der Waals surface area contributed by atoms with Gasteiger partial charge in [0.25, 0.3) is 0 Å². The van der Waals surface area contributed by atoms with Gasteiger partial charge in [-0.25, -0.2) is 0 Å². The number of hydrogen-bond acceptors (Lipinski definition) is 4. The van der Waals surface area contributed by atoms with Crippen molar-refractivity contribution in [1.29, 1.82) is 0 Å². The van der Waals surface area contributed by atoms with Crippen LogP contribution in [0.15, 0.2) is 17.0 Å². The van der Waals surface area contributed by atoms with Gasteiger partial charge >= 0.3 is 5.97 Å². The van der Waals surface area contributed by atoms with E-state index in [4.69, 9.17) is 16.3 Å². The Kier molecular flexibility index (Phi) is 4.40. The van der Waals surface area contributed by atoms with Crippen molar-refractivity contribution in [1.82, 2.24) is 0 Å². The molecule has 1 saturated carbocycles. The van der Waals surface area contributed by atoms with E-state index < -0.39 is 0 Å². The molecule has 2 rings (SSSR count). The molecule has 0 radical (unpaired) electrons. The highest BCUT2D eigenvalue weighted by atomic mass is 35.5. The molecule has 1 aliphatic carbocycles. The zero-order valence-electron chi connectivity index (χ0n) is 10.4. The first-order valence-corrected chi connectivity index (χ1v) is 7.09. The summed E-state index contributed by atoms with van der Waals surface area (Å²) < 4.78 is 9.92. The maximum Gasteiger partial charge on any atom is 0.315 e. The number of halogens is 1. The Hall–Kier alpha value is -0.870. The Bertz CT molecular complexity index is 458. The molecule has 1 aromatic rings. The Morgan fingerprint density at radius 3 is 2.72 bits per heavy atom. The fourth-order valence-electron chi connectivity index (χ4n) is 1.73. The standard InChI is InChI=1S/C13H15ClO3S/c1-16-11-6-10(14)9(8-3-4-8)5-12(11)18-7-13(15)17-2/h5-6,8H,3-4,7H2,1-2H3. The predicted octanol–water partition coefficient (Wildman–Crippen LogP) is 3.49. The molecule has 1 aromatic carbocycles. The molecule has 0 N–H and O–H groups in total. The number of carbonyl (C=O) groups excluding carboxylic acids is 1. The SMILES string of the molecule is COC(=O)CSc1cc(C2CC2)c(Cl)cc1OC. The van der Waals surface area contributed by atoms with Gasteiger partial charge in [0.1, 0.15) is 5.75 Å². The summed E-state index contributed by atoms with van der Waals surface area (Å²) in [5, 5.41) is 0.747. The lowest BCUT2D eigenvalue weighted by Gasteiger charge is -2.11. The monoisotopic (exact) mass is 286 g/mol. The number of ether oxygens (including phenoxy) is 2. The van der Waals surface area contributed by atoms with Gasteiger partial charge in [-0.15, -0.1) is 11.8 Å². The van der Waals surface area contributed by atoms with Crippen molar-refractivity contribution in [2.75, 3.05) is 20.0 Å². The molecule has 98 valence electrons. The molecule has 0 spiro atoms.